The number of hydrogen-bond donors (Lipinski definition) is 1. The number of nitrogens with one attached hydrogen (secondary N) is 1. The molecule has 1 saturated carbocycles. The van der Waals surface area contributed by atoms with Crippen molar-refractivity contribution in [2.45, 2.75) is 31.5 Å². The SMILES string of the molecule is COC(=O)[C@H]1CC2(C[C@]3(CCNC3=O)C1)OCCO2. The van der Waals surface area contributed by atoms with E-state index in [0.29, 0.717) is 39.0 Å². The number of hydrogen-bond acceptors (Lipinski definition) is 5. The highest BCUT2D eigenvalue weighted by Crippen LogP contribution is 2.51. The Hall–Kier alpha value is -1.14. The summed E-state index contributed by atoms with van der Waals surface area (Å²) in [6.45, 7) is 1.69. The molecule has 1 aliphatic carbocycles. The zero-order valence-electron chi connectivity index (χ0n) is 11.1. The lowest BCUT2D eigenvalue weighted by Crippen LogP contribution is -2.50. The Labute approximate surface area is 111 Å². The highest BCUT2D eigenvalue weighted by Gasteiger charge is 2.58. The van der Waals surface area contributed by atoms with Crippen LogP contribution in [0.3, 0.4) is 0 Å². The number of rotatable bonds is 1. The largest absolute Gasteiger partial charge is 0.469 e. The molecule has 6 nitrogen and oxygen atoms in total. The fourth-order valence-electron chi connectivity index (χ4n) is 3.71. The second-order valence-corrected chi connectivity index (χ2v) is 5.70. The lowest BCUT2D eigenvalue weighted by Gasteiger charge is -2.43. The second-order valence-electron chi connectivity index (χ2n) is 5.70. The van der Waals surface area contributed by atoms with Gasteiger partial charge in [0.05, 0.1) is 31.7 Å². The molecule has 3 rings (SSSR count). The van der Waals surface area contributed by atoms with Crippen molar-refractivity contribution in [2.75, 3.05) is 26.9 Å². The molecule has 2 heterocycles. The molecule has 3 aliphatic rings. The average Bonchev–Trinajstić information content (AvgIpc) is 2.97. The first-order chi connectivity index (χ1) is 9.09. The van der Waals surface area contributed by atoms with Gasteiger partial charge in [-0.15, -0.1) is 0 Å². The van der Waals surface area contributed by atoms with Gasteiger partial charge in [0.15, 0.2) is 5.79 Å². The average molecular weight is 269 g/mol. The summed E-state index contributed by atoms with van der Waals surface area (Å²) in [5, 5.41) is 2.86. The fraction of sp³-hybridized carbons (Fsp3) is 0.846. The van der Waals surface area contributed by atoms with Crippen molar-refractivity contribution in [3.8, 4) is 0 Å². The van der Waals surface area contributed by atoms with E-state index in [9.17, 15) is 9.59 Å². The lowest BCUT2D eigenvalue weighted by molar-refractivity contribution is -0.216. The van der Waals surface area contributed by atoms with Gasteiger partial charge in [0.25, 0.3) is 0 Å². The van der Waals surface area contributed by atoms with E-state index in [-0.39, 0.29) is 17.8 Å². The number of carbonyl (C=O) groups excluding carboxylic acids is 2. The van der Waals surface area contributed by atoms with Gasteiger partial charge >= 0.3 is 5.97 Å². The molecule has 2 spiro atoms. The summed E-state index contributed by atoms with van der Waals surface area (Å²) < 4.78 is 16.3. The van der Waals surface area contributed by atoms with Gasteiger partial charge in [0.2, 0.25) is 5.91 Å². The van der Waals surface area contributed by atoms with E-state index >= 15 is 0 Å². The van der Waals surface area contributed by atoms with Gasteiger partial charge in [-0.2, -0.15) is 0 Å². The van der Waals surface area contributed by atoms with Crippen LogP contribution < -0.4 is 5.32 Å². The van der Waals surface area contributed by atoms with Crippen LogP contribution in [-0.2, 0) is 23.8 Å². The normalized spacial score (nSPS) is 36.7. The molecule has 1 N–H and O–H groups in total. The maximum Gasteiger partial charge on any atom is 0.308 e. The first-order valence-corrected chi connectivity index (χ1v) is 6.73. The highest BCUT2D eigenvalue weighted by atomic mass is 16.7. The quantitative estimate of drug-likeness (QED) is 0.689. The van der Waals surface area contributed by atoms with Gasteiger partial charge < -0.3 is 19.5 Å². The minimum Gasteiger partial charge on any atom is -0.469 e. The molecular weight excluding hydrogens is 250 g/mol. The van der Waals surface area contributed by atoms with Crippen LogP contribution in [0.1, 0.15) is 25.7 Å². The molecule has 0 aromatic heterocycles. The van der Waals surface area contributed by atoms with Crippen LogP contribution >= 0.6 is 0 Å². The van der Waals surface area contributed by atoms with Gasteiger partial charge in [-0.3, -0.25) is 9.59 Å². The molecule has 3 fully saturated rings. The lowest BCUT2D eigenvalue weighted by atomic mass is 9.66. The van der Waals surface area contributed by atoms with E-state index in [0.717, 1.165) is 6.42 Å². The molecule has 0 unspecified atom stereocenters. The molecule has 0 radical (unpaired) electrons. The van der Waals surface area contributed by atoms with E-state index in [4.69, 9.17) is 14.2 Å². The smallest absolute Gasteiger partial charge is 0.308 e. The third-order valence-electron chi connectivity index (χ3n) is 4.52. The van der Waals surface area contributed by atoms with Crippen LogP contribution in [0.2, 0.25) is 0 Å². The Morgan fingerprint density at radius 1 is 1.37 bits per heavy atom. The molecule has 0 aromatic rings. The van der Waals surface area contributed by atoms with E-state index in [1.807, 2.05) is 0 Å². The van der Waals surface area contributed by atoms with Crippen molar-refractivity contribution in [3.63, 3.8) is 0 Å². The van der Waals surface area contributed by atoms with E-state index in [1.54, 1.807) is 0 Å². The van der Waals surface area contributed by atoms with Gasteiger partial charge in [-0.25, -0.2) is 0 Å². The maximum atomic E-state index is 12.2. The Bertz CT molecular complexity index is 404. The summed E-state index contributed by atoms with van der Waals surface area (Å²) in [6, 6.07) is 0. The van der Waals surface area contributed by atoms with Crippen LogP contribution in [0.4, 0.5) is 0 Å². The topological polar surface area (TPSA) is 73.9 Å². The van der Waals surface area contributed by atoms with Crippen LogP contribution in [0.15, 0.2) is 0 Å². The highest BCUT2D eigenvalue weighted by molar-refractivity contribution is 5.86. The fourth-order valence-corrected chi connectivity index (χ4v) is 3.71. The van der Waals surface area contributed by atoms with Crippen molar-refractivity contribution in [1.82, 2.24) is 5.32 Å². The summed E-state index contributed by atoms with van der Waals surface area (Å²) >= 11 is 0. The number of methoxy groups -OCH3 is 1. The standard InChI is InChI=1S/C13H19NO5/c1-17-10(15)9-6-12(2-3-14-11(12)16)8-13(7-9)18-4-5-19-13/h9H,2-8H2,1H3,(H,14,16)/t9-,12+/m1/s1. The van der Waals surface area contributed by atoms with Crippen LogP contribution in [-0.4, -0.2) is 44.5 Å². The molecule has 2 saturated heterocycles. The van der Waals surface area contributed by atoms with E-state index < -0.39 is 11.2 Å². The minimum atomic E-state index is -0.779. The van der Waals surface area contributed by atoms with Gasteiger partial charge in [-0.05, 0) is 12.8 Å². The minimum absolute atomic E-state index is 0.0135. The molecule has 1 amide bonds. The molecule has 19 heavy (non-hydrogen) atoms. The number of esters is 1. The van der Waals surface area contributed by atoms with Crippen LogP contribution in [0.5, 0.6) is 0 Å². The molecule has 0 aromatic carbocycles. The molecule has 6 heteroatoms. The third kappa shape index (κ3) is 2.03. The molecule has 2 atom stereocenters. The van der Waals surface area contributed by atoms with Crippen molar-refractivity contribution in [1.29, 1.82) is 0 Å². The van der Waals surface area contributed by atoms with Gasteiger partial charge in [0, 0.05) is 19.4 Å². The monoisotopic (exact) mass is 269 g/mol. The molecule has 2 aliphatic heterocycles. The Morgan fingerprint density at radius 2 is 2.11 bits per heavy atom. The third-order valence-corrected chi connectivity index (χ3v) is 4.52. The summed E-state index contributed by atoms with van der Waals surface area (Å²) in [5.41, 5.74) is -0.540. The zero-order valence-corrected chi connectivity index (χ0v) is 11.1. The molecular formula is C13H19NO5. The second kappa shape index (κ2) is 4.45. The van der Waals surface area contributed by atoms with Crippen LogP contribution in [0.25, 0.3) is 0 Å². The first kappa shape index (κ1) is 12.9. The predicted octanol–water partition coefficient (Wildman–Crippen LogP) is 0.209. The molecule has 106 valence electrons. The van der Waals surface area contributed by atoms with Gasteiger partial charge in [-0.1, -0.05) is 0 Å². The number of ether oxygens (including phenoxy) is 3. The maximum absolute atomic E-state index is 12.2. The van der Waals surface area contributed by atoms with Crippen molar-refractivity contribution in [2.24, 2.45) is 11.3 Å². The molecule has 0 bridgehead atoms. The summed E-state index contributed by atoms with van der Waals surface area (Å²) in [7, 11) is 1.38. The van der Waals surface area contributed by atoms with Crippen molar-refractivity contribution < 1.29 is 23.8 Å². The van der Waals surface area contributed by atoms with Crippen LogP contribution in [0, 0.1) is 11.3 Å². The summed E-state index contributed by atoms with van der Waals surface area (Å²) in [5.74, 6) is -1.38. The predicted molar refractivity (Wildman–Crippen MR) is 64.1 cm³/mol. The number of carbonyl (C=O) groups is 2. The summed E-state index contributed by atoms with van der Waals surface area (Å²) in [4.78, 5) is 24.1. The van der Waals surface area contributed by atoms with Gasteiger partial charge in [0.1, 0.15) is 0 Å². The first-order valence-electron chi connectivity index (χ1n) is 6.73. The summed E-state index contributed by atoms with van der Waals surface area (Å²) in [6.07, 6.45) is 2.28. The van der Waals surface area contributed by atoms with E-state index in [1.165, 1.54) is 7.11 Å². The Kier molecular flexibility index (Phi) is 3.02. The van der Waals surface area contributed by atoms with Crippen molar-refractivity contribution in [3.05, 3.63) is 0 Å². The number of amides is 1. The Morgan fingerprint density at radius 3 is 2.68 bits per heavy atom. The Balaban J connectivity index is 1.90. The van der Waals surface area contributed by atoms with E-state index in [2.05, 4.69) is 5.32 Å². The van der Waals surface area contributed by atoms with Crippen molar-refractivity contribution >= 4 is 11.9 Å². The zero-order chi connectivity index (χ0) is 13.5.